The predicted molar refractivity (Wildman–Crippen MR) is 107 cm³/mol. The summed E-state index contributed by atoms with van der Waals surface area (Å²) in [5.74, 6) is 0.732. The van der Waals surface area contributed by atoms with Crippen molar-refractivity contribution in [2.24, 2.45) is 11.8 Å². The van der Waals surface area contributed by atoms with Crippen LogP contribution in [0.5, 0.6) is 0 Å². The summed E-state index contributed by atoms with van der Waals surface area (Å²) in [7, 11) is -3.40. The Balaban J connectivity index is 0.00000338. The molecule has 1 saturated heterocycles. The van der Waals surface area contributed by atoms with Crippen LogP contribution in [0.3, 0.4) is 0 Å². The van der Waals surface area contributed by atoms with Crippen LogP contribution in [0.2, 0.25) is 0 Å². The Bertz CT molecular complexity index is 634. The Kier molecular flexibility index (Phi) is 10.2. The van der Waals surface area contributed by atoms with Crippen molar-refractivity contribution in [3.05, 3.63) is 35.9 Å². The number of hydrogen-bond donors (Lipinski definition) is 3. The molecule has 0 bridgehead atoms. The summed E-state index contributed by atoms with van der Waals surface area (Å²) in [6.45, 7) is 4.55. The van der Waals surface area contributed by atoms with Gasteiger partial charge in [0, 0.05) is 19.5 Å². The number of piperidine rings is 1. The molecule has 0 saturated carbocycles. The van der Waals surface area contributed by atoms with E-state index in [2.05, 4.69) is 22.3 Å². The van der Waals surface area contributed by atoms with Gasteiger partial charge in [0.2, 0.25) is 15.9 Å². The summed E-state index contributed by atoms with van der Waals surface area (Å²) < 4.78 is 26.5. The smallest absolute Gasteiger partial charge is 0.220 e. The van der Waals surface area contributed by atoms with E-state index in [0.29, 0.717) is 18.3 Å². The van der Waals surface area contributed by atoms with Crippen molar-refractivity contribution in [1.29, 1.82) is 0 Å². The highest BCUT2D eigenvalue weighted by Gasteiger charge is 2.22. The Hall–Kier alpha value is -1.15. The third kappa shape index (κ3) is 8.49. The first-order valence-electron chi connectivity index (χ1n) is 8.95. The normalized spacial score (nSPS) is 16.5. The van der Waals surface area contributed by atoms with Gasteiger partial charge in [-0.3, -0.25) is 4.79 Å². The van der Waals surface area contributed by atoms with E-state index in [1.165, 1.54) is 0 Å². The molecule has 1 aliphatic rings. The molecular formula is C18H30ClN3O3S. The lowest BCUT2D eigenvalue weighted by atomic mass is 9.84. The predicted octanol–water partition coefficient (Wildman–Crippen LogP) is 1.67. The lowest BCUT2D eigenvalue weighted by molar-refractivity contribution is -0.122. The highest BCUT2D eigenvalue weighted by Crippen LogP contribution is 2.23. The first-order valence-corrected chi connectivity index (χ1v) is 10.6. The largest absolute Gasteiger partial charge is 0.355 e. The first kappa shape index (κ1) is 22.9. The zero-order valence-corrected chi connectivity index (χ0v) is 16.9. The van der Waals surface area contributed by atoms with Crippen LogP contribution in [-0.4, -0.2) is 39.7 Å². The van der Waals surface area contributed by atoms with Crippen LogP contribution >= 0.6 is 12.4 Å². The maximum Gasteiger partial charge on any atom is 0.220 e. The molecule has 1 aromatic carbocycles. The second-order valence-corrected chi connectivity index (χ2v) is 8.67. The summed E-state index contributed by atoms with van der Waals surface area (Å²) in [6.07, 6.45) is 2.67. The number of rotatable bonds is 9. The number of halogens is 1. The lowest BCUT2D eigenvalue weighted by Crippen LogP contribution is -2.36. The van der Waals surface area contributed by atoms with Gasteiger partial charge in [0.15, 0.2) is 0 Å². The second-order valence-electron chi connectivity index (χ2n) is 6.74. The fourth-order valence-electron chi connectivity index (χ4n) is 3.13. The molecule has 0 aromatic heterocycles. The van der Waals surface area contributed by atoms with Crippen molar-refractivity contribution in [1.82, 2.24) is 15.4 Å². The highest BCUT2D eigenvalue weighted by molar-refractivity contribution is 7.89. The molecule has 1 aliphatic heterocycles. The fraction of sp³-hybridized carbons (Fsp3) is 0.611. The summed E-state index contributed by atoms with van der Waals surface area (Å²) in [5, 5.41) is 6.06. The van der Waals surface area contributed by atoms with Crippen molar-refractivity contribution in [2.75, 3.05) is 25.4 Å². The molecule has 0 spiro atoms. The molecule has 1 aromatic rings. The lowest BCUT2D eigenvalue weighted by Gasteiger charge is -2.27. The highest BCUT2D eigenvalue weighted by atomic mass is 35.5. The Morgan fingerprint density at radius 1 is 1.23 bits per heavy atom. The standard InChI is InChI=1S/C18H29N3O3S.ClH/c1-15(17-7-9-19-10-8-17)13-18(22)20-11-12-25(23,24)21-14-16-5-3-2-4-6-16;/h2-6,15,17,19,21H,7-14H2,1H3,(H,20,22);1H. The molecule has 3 N–H and O–H groups in total. The summed E-state index contributed by atoms with van der Waals surface area (Å²) in [5.41, 5.74) is 0.908. The SMILES string of the molecule is CC(CC(=O)NCCS(=O)(=O)NCc1ccccc1)C1CCNCC1.Cl. The monoisotopic (exact) mass is 403 g/mol. The van der Waals surface area contributed by atoms with Crippen LogP contribution in [0.25, 0.3) is 0 Å². The maximum absolute atomic E-state index is 12.0. The molecule has 1 heterocycles. The molecule has 1 fully saturated rings. The number of hydrogen-bond acceptors (Lipinski definition) is 4. The summed E-state index contributed by atoms with van der Waals surface area (Å²) >= 11 is 0. The van der Waals surface area contributed by atoms with Gasteiger partial charge in [0.25, 0.3) is 0 Å². The molecular weight excluding hydrogens is 374 g/mol. The number of benzene rings is 1. The third-order valence-corrected chi connectivity index (χ3v) is 6.05. The van der Waals surface area contributed by atoms with Crippen LogP contribution in [0, 0.1) is 11.8 Å². The van der Waals surface area contributed by atoms with Gasteiger partial charge in [-0.1, -0.05) is 37.3 Å². The van der Waals surface area contributed by atoms with E-state index in [-0.39, 0.29) is 37.2 Å². The number of carbonyl (C=O) groups excluding carboxylic acids is 1. The van der Waals surface area contributed by atoms with E-state index < -0.39 is 10.0 Å². The van der Waals surface area contributed by atoms with Crippen LogP contribution in [0.15, 0.2) is 30.3 Å². The second kappa shape index (κ2) is 11.5. The molecule has 1 amide bonds. The number of carbonyl (C=O) groups is 1. The zero-order valence-electron chi connectivity index (χ0n) is 15.2. The summed E-state index contributed by atoms with van der Waals surface area (Å²) in [6, 6.07) is 9.36. The maximum atomic E-state index is 12.0. The van der Waals surface area contributed by atoms with E-state index in [4.69, 9.17) is 0 Å². The quantitative estimate of drug-likeness (QED) is 0.585. The molecule has 0 aliphatic carbocycles. The molecule has 1 atom stereocenters. The van der Waals surface area contributed by atoms with E-state index in [1.807, 2.05) is 30.3 Å². The molecule has 0 radical (unpaired) electrons. The minimum Gasteiger partial charge on any atom is -0.355 e. The van der Waals surface area contributed by atoms with Crippen LogP contribution in [0.1, 0.15) is 31.7 Å². The first-order chi connectivity index (χ1) is 12.0. The van der Waals surface area contributed by atoms with Crippen molar-refractivity contribution in [3.63, 3.8) is 0 Å². The van der Waals surface area contributed by atoms with Crippen molar-refractivity contribution in [3.8, 4) is 0 Å². The van der Waals surface area contributed by atoms with Gasteiger partial charge in [-0.15, -0.1) is 12.4 Å². The van der Waals surface area contributed by atoms with Crippen molar-refractivity contribution < 1.29 is 13.2 Å². The van der Waals surface area contributed by atoms with Gasteiger partial charge in [0.05, 0.1) is 5.75 Å². The Labute approximate surface area is 163 Å². The number of sulfonamides is 1. The van der Waals surface area contributed by atoms with E-state index in [9.17, 15) is 13.2 Å². The van der Waals surface area contributed by atoms with Gasteiger partial charge < -0.3 is 10.6 Å². The molecule has 1 unspecified atom stereocenters. The molecule has 2 rings (SSSR count). The summed E-state index contributed by atoms with van der Waals surface area (Å²) in [4.78, 5) is 12.0. The molecule has 8 heteroatoms. The number of amides is 1. The molecule has 148 valence electrons. The van der Waals surface area contributed by atoms with Crippen LogP contribution in [0.4, 0.5) is 0 Å². The van der Waals surface area contributed by atoms with Gasteiger partial charge in [-0.25, -0.2) is 13.1 Å². The van der Waals surface area contributed by atoms with Crippen molar-refractivity contribution in [2.45, 2.75) is 32.7 Å². The van der Waals surface area contributed by atoms with E-state index in [1.54, 1.807) is 0 Å². The van der Waals surface area contributed by atoms with Crippen LogP contribution < -0.4 is 15.4 Å². The molecule has 26 heavy (non-hydrogen) atoms. The topological polar surface area (TPSA) is 87.3 Å². The Morgan fingerprint density at radius 3 is 2.54 bits per heavy atom. The van der Waals surface area contributed by atoms with Gasteiger partial charge in [0.1, 0.15) is 0 Å². The van der Waals surface area contributed by atoms with Gasteiger partial charge in [-0.05, 0) is 43.3 Å². The van der Waals surface area contributed by atoms with E-state index >= 15 is 0 Å². The Morgan fingerprint density at radius 2 is 1.88 bits per heavy atom. The van der Waals surface area contributed by atoms with Crippen molar-refractivity contribution >= 4 is 28.3 Å². The van der Waals surface area contributed by atoms with E-state index in [0.717, 1.165) is 31.5 Å². The van der Waals surface area contributed by atoms with Crippen LogP contribution in [-0.2, 0) is 21.4 Å². The minimum atomic E-state index is -3.40. The third-order valence-electron chi connectivity index (χ3n) is 4.73. The number of nitrogens with one attached hydrogen (secondary N) is 3. The molecule has 6 nitrogen and oxygen atoms in total. The minimum absolute atomic E-state index is 0. The zero-order chi connectivity index (χ0) is 18.1. The average molecular weight is 404 g/mol. The average Bonchev–Trinajstić information content (AvgIpc) is 2.61. The van der Waals surface area contributed by atoms with Gasteiger partial charge >= 0.3 is 0 Å². The van der Waals surface area contributed by atoms with Gasteiger partial charge in [-0.2, -0.15) is 0 Å². The fourth-order valence-corrected chi connectivity index (χ4v) is 4.03.